The van der Waals surface area contributed by atoms with Crippen LogP contribution < -0.4 is 5.32 Å². The second kappa shape index (κ2) is 8.99. The maximum atomic E-state index is 12.3. The zero-order chi connectivity index (χ0) is 20.1. The SMILES string of the molecule is COCCN(C)CC(=O)NC(C)c1cnn(-c2cccc3ccccc23)c1C. The molecule has 1 heterocycles. The highest BCUT2D eigenvalue weighted by molar-refractivity contribution is 5.90. The van der Waals surface area contributed by atoms with E-state index >= 15 is 0 Å². The molecule has 0 radical (unpaired) electrons. The second-order valence-corrected chi connectivity index (χ2v) is 7.12. The Morgan fingerprint density at radius 2 is 2.00 bits per heavy atom. The van der Waals surface area contributed by atoms with Crippen LogP contribution in [-0.4, -0.2) is 54.4 Å². The Morgan fingerprint density at radius 3 is 2.79 bits per heavy atom. The zero-order valence-corrected chi connectivity index (χ0v) is 17.0. The standard InChI is InChI=1S/C22H28N4O2/c1-16(24-22(27)15-25(3)12-13-28-4)20-14-23-26(17(20)2)21-11-7-9-18-8-5-6-10-19(18)21/h5-11,14,16H,12-13,15H2,1-4H3,(H,24,27). The van der Waals surface area contributed by atoms with Crippen LogP contribution in [0.3, 0.4) is 0 Å². The van der Waals surface area contributed by atoms with Gasteiger partial charge in [-0.1, -0.05) is 36.4 Å². The minimum Gasteiger partial charge on any atom is -0.383 e. The Labute approximate surface area is 166 Å². The number of hydrogen-bond acceptors (Lipinski definition) is 4. The third kappa shape index (κ3) is 4.40. The van der Waals surface area contributed by atoms with Gasteiger partial charge in [-0.2, -0.15) is 5.10 Å². The summed E-state index contributed by atoms with van der Waals surface area (Å²) in [5.74, 6) is -0.0107. The van der Waals surface area contributed by atoms with Gasteiger partial charge in [0.2, 0.25) is 5.91 Å². The Bertz CT molecular complexity index is 945. The molecule has 0 saturated carbocycles. The number of amides is 1. The van der Waals surface area contributed by atoms with Gasteiger partial charge in [0.05, 0.1) is 31.1 Å². The number of benzene rings is 2. The van der Waals surface area contributed by atoms with Crippen LogP contribution in [0.5, 0.6) is 0 Å². The lowest BCUT2D eigenvalue weighted by atomic mass is 10.1. The average Bonchev–Trinajstić information content (AvgIpc) is 3.07. The Kier molecular flexibility index (Phi) is 6.44. The molecule has 2 aromatic carbocycles. The van der Waals surface area contributed by atoms with E-state index in [1.165, 1.54) is 5.39 Å². The lowest BCUT2D eigenvalue weighted by molar-refractivity contribution is -0.122. The van der Waals surface area contributed by atoms with E-state index in [1.807, 2.05) is 54.9 Å². The van der Waals surface area contributed by atoms with Crippen molar-refractivity contribution in [2.75, 3.05) is 33.9 Å². The van der Waals surface area contributed by atoms with Crippen molar-refractivity contribution in [3.05, 3.63) is 59.9 Å². The first kappa shape index (κ1) is 20.0. The molecule has 0 aliphatic rings. The fourth-order valence-electron chi connectivity index (χ4n) is 3.42. The molecule has 0 bridgehead atoms. The van der Waals surface area contributed by atoms with Gasteiger partial charge in [-0.25, -0.2) is 4.68 Å². The molecule has 1 amide bonds. The average molecular weight is 380 g/mol. The number of nitrogens with one attached hydrogen (secondary N) is 1. The van der Waals surface area contributed by atoms with Crippen molar-refractivity contribution < 1.29 is 9.53 Å². The monoisotopic (exact) mass is 380 g/mol. The van der Waals surface area contributed by atoms with Crippen LogP contribution in [0.1, 0.15) is 24.2 Å². The first-order valence-corrected chi connectivity index (χ1v) is 9.50. The number of methoxy groups -OCH3 is 1. The number of ether oxygens (including phenoxy) is 1. The van der Waals surface area contributed by atoms with Crippen LogP contribution in [-0.2, 0) is 9.53 Å². The predicted octanol–water partition coefficient (Wildman–Crippen LogP) is 3.09. The molecule has 0 fully saturated rings. The minimum atomic E-state index is -0.118. The van der Waals surface area contributed by atoms with Crippen LogP contribution in [0.4, 0.5) is 0 Å². The van der Waals surface area contributed by atoms with Crippen LogP contribution in [0.15, 0.2) is 48.7 Å². The summed E-state index contributed by atoms with van der Waals surface area (Å²) >= 11 is 0. The van der Waals surface area contributed by atoms with E-state index in [-0.39, 0.29) is 11.9 Å². The van der Waals surface area contributed by atoms with E-state index in [4.69, 9.17) is 4.74 Å². The molecule has 0 spiro atoms. The molecule has 0 aliphatic carbocycles. The Balaban J connectivity index is 1.76. The molecule has 1 aromatic heterocycles. The molecular weight excluding hydrogens is 352 g/mol. The van der Waals surface area contributed by atoms with Gasteiger partial charge in [0.15, 0.2) is 0 Å². The van der Waals surface area contributed by atoms with Crippen molar-refractivity contribution in [1.82, 2.24) is 20.0 Å². The molecule has 148 valence electrons. The van der Waals surface area contributed by atoms with Crippen molar-refractivity contribution in [3.63, 3.8) is 0 Å². The quantitative estimate of drug-likeness (QED) is 0.652. The molecule has 3 aromatic rings. The van der Waals surface area contributed by atoms with Crippen LogP contribution in [0, 0.1) is 6.92 Å². The van der Waals surface area contributed by atoms with Gasteiger partial charge in [0.1, 0.15) is 0 Å². The number of carbonyl (C=O) groups excluding carboxylic acids is 1. The summed E-state index contributed by atoms with van der Waals surface area (Å²) in [5.41, 5.74) is 3.08. The highest BCUT2D eigenvalue weighted by Crippen LogP contribution is 2.25. The summed E-state index contributed by atoms with van der Waals surface area (Å²) in [6.45, 7) is 5.69. The first-order valence-electron chi connectivity index (χ1n) is 9.50. The molecule has 0 aliphatic heterocycles. The smallest absolute Gasteiger partial charge is 0.234 e. The molecular formula is C22H28N4O2. The molecule has 3 rings (SSSR count). The van der Waals surface area contributed by atoms with E-state index in [0.717, 1.165) is 28.9 Å². The van der Waals surface area contributed by atoms with Crippen molar-refractivity contribution >= 4 is 16.7 Å². The predicted molar refractivity (Wildman–Crippen MR) is 112 cm³/mol. The lowest BCUT2D eigenvalue weighted by Gasteiger charge is -2.19. The van der Waals surface area contributed by atoms with Gasteiger partial charge in [0.25, 0.3) is 0 Å². The summed E-state index contributed by atoms with van der Waals surface area (Å²) < 4.78 is 7.00. The number of hydrogen-bond donors (Lipinski definition) is 1. The summed E-state index contributed by atoms with van der Waals surface area (Å²) in [5, 5.41) is 10.0. The van der Waals surface area contributed by atoms with Crippen molar-refractivity contribution in [1.29, 1.82) is 0 Å². The maximum Gasteiger partial charge on any atom is 0.234 e. The van der Waals surface area contributed by atoms with Gasteiger partial charge in [-0.05, 0) is 32.3 Å². The molecule has 1 atom stereocenters. The van der Waals surface area contributed by atoms with E-state index in [2.05, 4.69) is 34.7 Å². The molecule has 1 unspecified atom stereocenters. The van der Waals surface area contributed by atoms with Crippen LogP contribution in [0.2, 0.25) is 0 Å². The largest absolute Gasteiger partial charge is 0.383 e. The van der Waals surface area contributed by atoms with Gasteiger partial charge in [-0.3, -0.25) is 9.69 Å². The number of likely N-dealkylation sites (N-methyl/N-ethyl adjacent to an activating group) is 1. The molecule has 28 heavy (non-hydrogen) atoms. The van der Waals surface area contributed by atoms with E-state index in [0.29, 0.717) is 13.2 Å². The normalized spacial score (nSPS) is 12.5. The fourth-order valence-corrected chi connectivity index (χ4v) is 3.42. The van der Waals surface area contributed by atoms with E-state index in [9.17, 15) is 4.79 Å². The number of carbonyl (C=O) groups is 1. The van der Waals surface area contributed by atoms with Crippen molar-refractivity contribution in [3.8, 4) is 5.69 Å². The van der Waals surface area contributed by atoms with Crippen molar-refractivity contribution in [2.45, 2.75) is 19.9 Å². The number of aromatic nitrogens is 2. The summed E-state index contributed by atoms with van der Waals surface area (Å²) in [6.07, 6.45) is 1.84. The number of nitrogens with zero attached hydrogens (tertiary/aromatic N) is 3. The first-order chi connectivity index (χ1) is 13.5. The summed E-state index contributed by atoms with van der Waals surface area (Å²) in [4.78, 5) is 14.3. The zero-order valence-electron chi connectivity index (χ0n) is 17.0. The summed E-state index contributed by atoms with van der Waals surface area (Å²) in [6, 6.07) is 14.4. The highest BCUT2D eigenvalue weighted by atomic mass is 16.5. The highest BCUT2D eigenvalue weighted by Gasteiger charge is 2.18. The van der Waals surface area contributed by atoms with Gasteiger partial charge in [0, 0.05) is 30.3 Å². The Hall–Kier alpha value is -2.70. The third-order valence-electron chi connectivity index (χ3n) is 4.98. The number of fused-ring (bicyclic) bond motifs is 1. The fraction of sp³-hybridized carbons (Fsp3) is 0.364. The number of rotatable bonds is 8. The molecule has 1 N–H and O–H groups in total. The van der Waals surface area contributed by atoms with E-state index < -0.39 is 0 Å². The van der Waals surface area contributed by atoms with Gasteiger partial charge in [-0.15, -0.1) is 0 Å². The van der Waals surface area contributed by atoms with Crippen molar-refractivity contribution in [2.24, 2.45) is 0 Å². The topological polar surface area (TPSA) is 59.4 Å². The lowest BCUT2D eigenvalue weighted by Crippen LogP contribution is -2.37. The third-order valence-corrected chi connectivity index (χ3v) is 4.98. The molecule has 6 nitrogen and oxygen atoms in total. The summed E-state index contributed by atoms with van der Waals surface area (Å²) in [7, 11) is 3.57. The van der Waals surface area contributed by atoms with E-state index in [1.54, 1.807) is 7.11 Å². The van der Waals surface area contributed by atoms with Crippen LogP contribution in [0.25, 0.3) is 16.5 Å². The molecule has 6 heteroatoms. The van der Waals surface area contributed by atoms with Gasteiger partial charge >= 0.3 is 0 Å². The molecule has 0 saturated heterocycles. The maximum absolute atomic E-state index is 12.3. The Morgan fingerprint density at radius 1 is 1.25 bits per heavy atom. The second-order valence-electron chi connectivity index (χ2n) is 7.12. The minimum absolute atomic E-state index is 0.0107. The van der Waals surface area contributed by atoms with Gasteiger partial charge < -0.3 is 10.1 Å². The van der Waals surface area contributed by atoms with Crippen LogP contribution >= 0.6 is 0 Å².